The molecule has 6 heteroatoms. The minimum absolute atomic E-state index is 0.0682. The lowest BCUT2D eigenvalue weighted by atomic mass is 9.98. The molecule has 0 saturated heterocycles. The molecule has 1 saturated carbocycles. The molecule has 5 nitrogen and oxygen atoms in total. The van der Waals surface area contributed by atoms with Crippen LogP contribution >= 0.6 is 15.9 Å². The minimum atomic E-state index is -0.0682. The summed E-state index contributed by atoms with van der Waals surface area (Å²) in [7, 11) is 3.97. The van der Waals surface area contributed by atoms with E-state index < -0.39 is 0 Å². The number of nitrogens with one attached hydrogen (secondary N) is 1. The van der Waals surface area contributed by atoms with Gasteiger partial charge in [0.15, 0.2) is 0 Å². The molecule has 0 aromatic carbocycles. The van der Waals surface area contributed by atoms with Crippen LogP contribution in [-0.2, 0) is 6.54 Å². The molecule has 1 N–H and O–H groups in total. The Balaban J connectivity index is 2.01. The van der Waals surface area contributed by atoms with E-state index in [9.17, 15) is 4.79 Å². The average molecular weight is 357 g/mol. The largest absolute Gasteiger partial charge is 0.382 e. The molecule has 0 spiro atoms. The quantitative estimate of drug-likeness (QED) is 0.850. The Kier molecular flexibility index (Phi) is 5.81. The molecule has 0 aliphatic heterocycles. The van der Waals surface area contributed by atoms with Crippen molar-refractivity contribution in [3.63, 3.8) is 0 Å². The molecular weight excluding hydrogens is 332 g/mol. The fourth-order valence-corrected chi connectivity index (χ4v) is 3.26. The lowest BCUT2D eigenvalue weighted by Crippen LogP contribution is -2.29. The highest BCUT2D eigenvalue weighted by Crippen LogP contribution is 2.31. The van der Waals surface area contributed by atoms with E-state index in [2.05, 4.69) is 33.3 Å². The summed E-state index contributed by atoms with van der Waals surface area (Å²) in [5, 5.41) is 7.65. The van der Waals surface area contributed by atoms with E-state index in [0.29, 0.717) is 16.9 Å². The van der Waals surface area contributed by atoms with E-state index >= 15 is 0 Å². The van der Waals surface area contributed by atoms with Crippen LogP contribution in [0.2, 0.25) is 0 Å². The molecule has 1 fully saturated rings. The molecule has 21 heavy (non-hydrogen) atoms. The number of hydrogen-bond acceptors (Lipinski definition) is 4. The number of aromatic nitrogens is 2. The van der Waals surface area contributed by atoms with Gasteiger partial charge in [-0.05, 0) is 48.3 Å². The van der Waals surface area contributed by atoms with Crippen LogP contribution in [0, 0.1) is 11.8 Å². The molecule has 1 heterocycles. The van der Waals surface area contributed by atoms with Crippen LogP contribution in [0.4, 0.5) is 5.69 Å². The van der Waals surface area contributed by atoms with Crippen LogP contribution in [0.1, 0.15) is 26.2 Å². The summed E-state index contributed by atoms with van der Waals surface area (Å²) in [4.78, 5) is 14.3. The highest BCUT2D eigenvalue weighted by molar-refractivity contribution is 9.10. The first kappa shape index (κ1) is 16.5. The number of nitrogens with zero attached hydrogens (tertiary/aromatic N) is 3. The summed E-state index contributed by atoms with van der Waals surface area (Å²) in [5.41, 5.74) is 0.738. The predicted molar refractivity (Wildman–Crippen MR) is 89.7 cm³/mol. The van der Waals surface area contributed by atoms with E-state index in [-0.39, 0.29) is 5.56 Å². The second kappa shape index (κ2) is 7.40. The highest BCUT2D eigenvalue weighted by atomic mass is 79.9. The molecule has 0 bridgehead atoms. The number of hydrogen-bond donors (Lipinski definition) is 1. The number of anilines is 1. The van der Waals surface area contributed by atoms with Crippen molar-refractivity contribution in [3.8, 4) is 0 Å². The fourth-order valence-electron chi connectivity index (χ4n) is 2.81. The Morgan fingerprint density at radius 1 is 1.48 bits per heavy atom. The molecule has 118 valence electrons. The third-order valence-electron chi connectivity index (χ3n) is 4.34. The van der Waals surface area contributed by atoms with Crippen molar-refractivity contribution in [2.45, 2.75) is 32.7 Å². The fraction of sp³-hybridized carbons (Fsp3) is 0.733. The monoisotopic (exact) mass is 356 g/mol. The molecular formula is C15H25BrN4O. The Bertz CT molecular complexity index is 529. The zero-order valence-electron chi connectivity index (χ0n) is 13.1. The summed E-state index contributed by atoms with van der Waals surface area (Å²) >= 11 is 3.41. The third kappa shape index (κ3) is 4.30. The molecule has 2 unspecified atom stereocenters. The summed E-state index contributed by atoms with van der Waals surface area (Å²) in [6, 6.07) is 0. The van der Waals surface area contributed by atoms with E-state index in [0.717, 1.165) is 24.7 Å². The van der Waals surface area contributed by atoms with Crippen LogP contribution in [-0.4, -0.2) is 41.9 Å². The first-order chi connectivity index (χ1) is 9.99. The third-order valence-corrected chi connectivity index (χ3v) is 5.10. The van der Waals surface area contributed by atoms with Crippen molar-refractivity contribution in [1.29, 1.82) is 0 Å². The maximum absolute atomic E-state index is 12.3. The van der Waals surface area contributed by atoms with Crippen LogP contribution in [0.25, 0.3) is 0 Å². The second-order valence-electron chi connectivity index (χ2n) is 6.25. The standard InChI is InChI=1S/C15H25BrN4O/c1-11-5-4-6-12(11)9-17-13-10-18-20(8-7-19(2)3)15(21)14(13)16/h10-12,17H,4-9H2,1-3H3. The van der Waals surface area contributed by atoms with Crippen molar-refractivity contribution in [2.75, 3.05) is 32.5 Å². The summed E-state index contributed by atoms with van der Waals surface area (Å²) in [6.07, 6.45) is 5.66. The van der Waals surface area contributed by atoms with Gasteiger partial charge < -0.3 is 10.2 Å². The Morgan fingerprint density at radius 3 is 2.86 bits per heavy atom. The van der Waals surface area contributed by atoms with Gasteiger partial charge in [0.1, 0.15) is 4.47 Å². The van der Waals surface area contributed by atoms with Gasteiger partial charge in [-0.1, -0.05) is 19.8 Å². The molecule has 1 aromatic rings. The van der Waals surface area contributed by atoms with Gasteiger partial charge in [0.2, 0.25) is 0 Å². The van der Waals surface area contributed by atoms with Crippen molar-refractivity contribution in [2.24, 2.45) is 11.8 Å². The van der Waals surface area contributed by atoms with Gasteiger partial charge in [-0.2, -0.15) is 5.10 Å². The molecule has 0 amide bonds. The zero-order chi connectivity index (χ0) is 15.4. The molecule has 1 aliphatic carbocycles. The maximum Gasteiger partial charge on any atom is 0.283 e. The van der Waals surface area contributed by atoms with Gasteiger partial charge in [-0.25, -0.2) is 4.68 Å². The van der Waals surface area contributed by atoms with Crippen molar-refractivity contribution >= 4 is 21.6 Å². The van der Waals surface area contributed by atoms with E-state index in [4.69, 9.17) is 0 Å². The number of halogens is 1. The van der Waals surface area contributed by atoms with E-state index in [1.54, 1.807) is 6.20 Å². The van der Waals surface area contributed by atoms with Crippen LogP contribution in [0.5, 0.6) is 0 Å². The van der Waals surface area contributed by atoms with Crippen molar-refractivity contribution < 1.29 is 0 Å². The second-order valence-corrected chi connectivity index (χ2v) is 7.05. The summed E-state index contributed by atoms with van der Waals surface area (Å²) in [6.45, 7) is 4.63. The van der Waals surface area contributed by atoms with Crippen LogP contribution in [0.3, 0.4) is 0 Å². The van der Waals surface area contributed by atoms with Gasteiger partial charge in [0.25, 0.3) is 5.56 Å². The summed E-state index contributed by atoms with van der Waals surface area (Å²) < 4.78 is 2.09. The van der Waals surface area contributed by atoms with Crippen molar-refractivity contribution in [1.82, 2.24) is 14.7 Å². The molecule has 2 atom stereocenters. The van der Waals surface area contributed by atoms with Crippen LogP contribution in [0.15, 0.2) is 15.5 Å². The smallest absolute Gasteiger partial charge is 0.283 e. The SMILES string of the molecule is CC1CCCC1CNc1cnn(CCN(C)C)c(=O)c1Br. The van der Waals surface area contributed by atoms with Gasteiger partial charge in [0.05, 0.1) is 18.4 Å². The number of rotatable bonds is 6. The maximum atomic E-state index is 12.3. The minimum Gasteiger partial charge on any atom is -0.382 e. The van der Waals surface area contributed by atoms with Crippen molar-refractivity contribution in [3.05, 3.63) is 21.0 Å². The summed E-state index contributed by atoms with van der Waals surface area (Å²) in [5.74, 6) is 1.47. The van der Waals surface area contributed by atoms with Gasteiger partial charge >= 0.3 is 0 Å². The van der Waals surface area contributed by atoms with Gasteiger partial charge in [-0.15, -0.1) is 0 Å². The Labute approximate surface area is 134 Å². The molecule has 2 rings (SSSR count). The zero-order valence-corrected chi connectivity index (χ0v) is 14.7. The highest BCUT2D eigenvalue weighted by Gasteiger charge is 2.23. The molecule has 1 aromatic heterocycles. The normalized spacial score (nSPS) is 22.0. The first-order valence-corrected chi connectivity index (χ1v) is 8.42. The topological polar surface area (TPSA) is 50.2 Å². The molecule has 1 aliphatic rings. The van der Waals surface area contributed by atoms with Gasteiger partial charge in [-0.3, -0.25) is 4.79 Å². The lowest BCUT2D eigenvalue weighted by molar-refractivity contribution is 0.367. The van der Waals surface area contributed by atoms with Crippen LogP contribution < -0.4 is 10.9 Å². The lowest BCUT2D eigenvalue weighted by Gasteiger charge is -2.17. The Hall–Kier alpha value is -0.880. The first-order valence-electron chi connectivity index (χ1n) is 7.63. The number of likely N-dealkylation sites (N-methyl/N-ethyl adjacent to an activating group) is 1. The Morgan fingerprint density at radius 2 is 2.24 bits per heavy atom. The van der Waals surface area contributed by atoms with E-state index in [1.807, 2.05) is 19.0 Å². The van der Waals surface area contributed by atoms with E-state index in [1.165, 1.54) is 23.9 Å². The van der Waals surface area contributed by atoms with Gasteiger partial charge in [0, 0.05) is 13.1 Å². The molecule has 0 radical (unpaired) electrons. The average Bonchev–Trinajstić information content (AvgIpc) is 2.85. The predicted octanol–water partition coefficient (Wildman–Crippen LogP) is 2.42.